The van der Waals surface area contributed by atoms with Gasteiger partial charge in [0.1, 0.15) is 22.7 Å². The van der Waals surface area contributed by atoms with Gasteiger partial charge in [-0.25, -0.2) is 13.8 Å². The molecule has 36 heavy (non-hydrogen) atoms. The molecule has 182 valence electrons. The summed E-state index contributed by atoms with van der Waals surface area (Å²) in [5.41, 5.74) is 7.15. The second kappa shape index (κ2) is 9.54. The topological polar surface area (TPSA) is 75.5 Å². The summed E-state index contributed by atoms with van der Waals surface area (Å²) in [6.07, 6.45) is 4.23. The highest BCUT2D eigenvalue weighted by molar-refractivity contribution is 6.32. The molecular formula is C27H20ClF2N3O3. The predicted octanol–water partition coefficient (Wildman–Crippen LogP) is 6.75. The number of rotatable bonds is 4. The molecule has 0 aromatic heterocycles. The van der Waals surface area contributed by atoms with Gasteiger partial charge >= 0.3 is 0 Å². The quantitative estimate of drug-likeness (QED) is 0.313. The number of nitrogens with one attached hydrogen (secondary N) is 1. The Bertz CT molecular complexity index is 1420. The maximum absolute atomic E-state index is 13.7. The van der Waals surface area contributed by atoms with Gasteiger partial charge in [-0.1, -0.05) is 35.9 Å². The van der Waals surface area contributed by atoms with Crippen molar-refractivity contribution in [2.45, 2.75) is 25.3 Å². The lowest BCUT2D eigenvalue weighted by Crippen LogP contribution is -2.40. The molecule has 0 fully saturated rings. The first-order valence-corrected chi connectivity index (χ1v) is 11.7. The van der Waals surface area contributed by atoms with Crippen LogP contribution in [-0.2, 0) is 0 Å². The fraction of sp³-hybridized carbons (Fsp3) is 0.148. The van der Waals surface area contributed by atoms with Gasteiger partial charge in [-0.3, -0.25) is 20.3 Å². The Kier molecular flexibility index (Phi) is 6.28. The zero-order chi connectivity index (χ0) is 25.4. The monoisotopic (exact) mass is 507 g/mol. The Morgan fingerprint density at radius 1 is 1.03 bits per heavy atom. The molecule has 0 saturated heterocycles. The van der Waals surface area contributed by atoms with E-state index in [1.807, 2.05) is 6.08 Å². The molecule has 0 bridgehead atoms. The van der Waals surface area contributed by atoms with Crippen molar-refractivity contribution in [1.29, 1.82) is 0 Å². The van der Waals surface area contributed by atoms with E-state index in [-0.39, 0.29) is 22.1 Å². The standard InChI is InChI=1S/C27H20ClF2N3O3/c28-23-13-8-19(15-24(23)33(35)36)27(34)32-26(17-6-11-21(30)12-7-17)22-3-1-2-18(25(22)31-32)14-16-4-9-20(29)10-5-16/h4-15,26,31H,1-3H2/b18-14-/t26-/m1/s1. The van der Waals surface area contributed by atoms with E-state index in [1.54, 1.807) is 24.3 Å². The zero-order valence-corrected chi connectivity index (χ0v) is 19.6. The van der Waals surface area contributed by atoms with Crippen LogP contribution in [0.4, 0.5) is 14.5 Å². The van der Waals surface area contributed by atoms with Gasteiger partial charge in [0.05, 0.1) is 10.6 Å². The van der Waals surface area contributed by atoms with Crippen LogP contribution in [-0.4, -0.2) is 15.8 Å². The summed E-state index contributed by atoms with van der Waals surface area (Å²) in [7, 11) is 0. The molecule has 9 heteroatoms. The Labute approximate surface area is 210 Å². The number of hydrogen-bond acceptors (Lipinski definition) is 4. The van der Waals surface area contributed by atoms with Gasteiger partial charge < -0.3 is 0 Å². The lowest BCUT2D eigenvalue weighted by atomic mass is 9.85. The minimum atomic E-state index is -0.638. The van der Waals surface area contributed by atoms with E-state index in [1.165, 1.54) is 41.4 Å². The molecule has 2 aliphatic rings. The van der Waals surface area contributed by atoms with Gasteiger partial charge in [0.15, 0.2) is 0 Å². The van der Waals surface area contributed by atoms with Crippen LogP contribution in [0, 0.1) is 21.7 Å². The summed E-state index contributed by atoms with van der Waals surface area (Å²) in [6, 6.07) is 15.4. The second-order valence-electron chi connectivity index (χ2n) is 8.64. The first-order valence-electron chi connectivity index (χ1n) is 11.3. The van der Waals surface area contributed by atoms with E-state index in [9.17, 15) is 23.7 Å². The third-order valence-corrected chi connectivity index (χ3v) is 6.68. The third-order valence-electron chi connectivity index (χ3n) is 6.36. The number of nitro groups is 1. The zero-order valence-electron chi connectivity index (χ0n) is 18.9. The molecule has 1 heterocycles. The lowest BCUT2D eigenvalue weighted by Gasteiger charge is -2.27. The molecule has 6 nitrogen and oxygen atoms in total. The largest absolute Gasteiger partial charge is 0.295 e. The number of halogens is 3. The summed E-state index contributed by atoms with van der Waals surface area (Å²) < 4.78 is 27.1. The molecule has 1 aliphatic heterocycles. The van der Waals surface area contributed by atoms with Crippen LogP contribution in [0.15, 0.2) is 83.6 Å². The van der Waals surface area contributed by atoms with Gasteiger partial charge in [-0.2, -0.15) is 0 Å². The summed E-state index contributed by atoms with van der Waals surface area (Å²) in [6.45, 7) is 0. The first kappa shape index (κ1) is 23.7. The molecule has 3 aromatic rings. The third kappa shape index (κ3) is 4.47. The van der Waals surface area contributed by atoms with Crippen LogP contribution >= 0.6 is 11.6 Å². The predicted molar refractivity (Wildman–Crippen MR) is 132 cm³/mol. The van der Waals surface area contributed by atoms with Crippen molar-refractivity contribution in [3.8, 4) is 0 Å². The number of amides is 1. The van der Waals surface area contributed by atoms with Gasteiger partial charge in [0, 0.05) is 11.6 Å². The number of hydrazine groups is 1. The summed E-state index contributed by atoms with van der Waals surface area (Å²) in [5, 5.41) is 12.7. The van der Waals surface area contributed by atoms with E-state index in [0.717, 1.165) is 41.3 Å². The van der Waals surface area contributed by atoms with E-state index < -0.39 is 22.7 Å². The fourth-order valence-corrected chi connectivity index (χ4v) is 4.86. The molecule has 1 atom stereocenters. The van der Waals surface area contributed by atoms with E-state index >= 15 is 0 Å². The highest BCUT2D eigenvalue weighted by atomic mass is 35.5. The van der Waals surface area contributed by atoms with Crippen LogP contribution in [0.2, 0.25) is 5.02 Å². The maximum Gasteiger partial charge on any atom is 0.288 e. The molecule has 5 rings (SSSR count). The molecule has 0 spiro atoms. The van der Waals surface area contributed by atoms with E-state index in [2.05, 4.69) is 5.43 Å². The van der Waals surface area contributed by atoms with Crippen molar-refractivity contribution in [3.63, 3.8) is 0 Å². The summed E-state index contributed by atoms with van der Waals surface area (Å²) in [5.74, 6) is -1.21. The average Bonchev–Trinajstić information content (AvgIpc) is 3.26. The minimum Gasteiger partial charge on any atom is -0.295 e. The number of allylic oxidation sites excluding steroid dienone is 1. The molecule has 1 N–H and O–H groups in total. The van der Waals surface area contributed by atoms with Gasteiger partial charge in [0.2, 0.25) is 0 Å². The van der Waals surface area contributed by atoms with Crippen LogP contribution < -0.4 is 5.43 Å². The molecule has 0 radical (unpaired) electrons. The van der Waals surface area contributed by atoms with Gasteiger partial charge in [0.25, 0.3) is 11.6 Å². The van der Waals surface area contributed by atoms with Gasteiger partial charge in [-0.15, -0.1) is 0 Å². The Morgan fingerprint density at radius 2 is 1.69 bits per heavy atom. The number of carbonyl (C=O) groups excluding carboxylic acids is 1. The number of hydrogen-bond donors (Lipinski definition) is 1. The van der Waals surface area contributed by atoms with E-state index in [0.29, 0.717) is 12.0 Å². The minimum absolute atomic E-state index is 0.0667. The molecule has 1 amide bonds. The normalized spacial score (nSPS) is 18.2. The van der Waals surface area contributed by atoms with Crippen molar-refractivity contribution in [3.05, 3.63) is 127 Å². The fourth-order valence-electron chi connectivity index (χ4n) is 4.68. The smallest absolute Gasteiger partial charge is 0.288 e. The molecular weight excluding hydrogens is 488 g/mol. The van der Waals surface area contributed by atoms with E-state index in [4.69, 9.17) is 11.6 Å². The SMILES string of the molecule is O=C(c1ccc(Cl)c([N+](=O)[O-])c1)N1NC2=C(CCC/C2=C/c2ccc(F)cc2)[C@H]1c1ccc(F)cc1. The highest BCUT2D eigenvalue weighted by Crippen LogP contribution is 2.44. The van der Waals surface area contributed by atoms with Crippen LogP contribution in [0.1, 0.15) is 46.8 Å². The summed E-state index contributed by atoms with van der Waals surface area (Å²) in [4.78, 5) is 24.4. The number of carbonyl (C=O) groups is 1. The van der Waals surface area contributed by atoms with Crippen LogP contribution in [0.25, 0.3) is 6.08 Å². The van der Waals surface area contributed by atoms with Crippen molar-refractivity contribution >= 4 is 29.3 Å². The molecule has 0 saturated carbocycles. The molecule has 3 aromatic carbocycles. The Balaban J connectivity index is 1.58. The van der Waals surface area contributed by atoms with Crippen molar-refractivity contribution in [2.75, 3.05) is 0 Å². The second-order valence-corrected chi connectivity index (χ2v) is 9.05. The van der Waals surface area contributed by atoms with Gasteiger partial charge in [-0.05, 0) is 84.0 Å². The van der Waals surface area contributed by atoms with Crippen molar-refractivity contribution in [1.82, 2.24) is 10.4 Å². The number of nitro benzene ring substituents is 1. The maximum atomic E-state index is 13.7. The first-order chi connectivity index (χ1) is 17.3. The van der Waals surface area contributed by atoms with Crippen LogP contribution in [0.5, 0.6) is 0 Å². The van der Waals surface area contributed by atoms with Crippen molar-refractivity contribution < 1.29 is 18.5 Å². The summed E-state index contributed by atoms with van der Waals surface area (Å²) >= 11 is 5.94. The Hall–Kier alpha value is -4.04. The average molecular weight is 508 g/mol. The van der Waals surface area contributed by atoms with Crippen LogP contribution in [0.3, 0.4) is 0 Å². The number of nitrogens with zero attached hydrogens (tertiary/aromatic N) is 2. The Morgan fingerprint density at radius 3 is 2.36 bits per heavy atom. The van der Waals surface area contributed by atoms with Crippen molar-refractivity contribution in [2.24, 2.45) is 0 Å². The molecule has 0 unspecified atom stereocenters. The number of benzene rings is 3. The lowest BCUT2D eigenvalue weighted by molar-refractivity contribution is -0.384. The highest BCUT2D eigenvalue weighted by Gasteiger charge is 2.40. The molecule has 1 aliphatic carbocycles.